The van der Waals surface area contributed by atoms with Gasteiger partial charge >= 0.3 is 0 Å². The predicted molar refractivity (Wildman–Crippen MR) is 105 cm³/mol. The Labute approximate surface area is 154 Å². The standard InChI is InChI=1S/C18H15NO2S3/c1-21-14-8-4-2-7-13(14)11-23-15-9-5-3-6-12(15)10-16-17(20)19-18(22)24-16/h2-10H,11H2,1H3,(H,19,20,22). The molecule has 0 aliphatic carbocycles. The molecule has 0 atom stereocenters. The minimum Gasteiger partial charge on any atom is -0.496 e. The van der Waals surface area contributed by atoms with Crippen LogP contribution in [0.25, 0.3) is 6.08 Å². The summed E-state index contributed by atoms with van der Waals surface area (Å²) in [5.74, 6) is 1.55. The average Bonchev–Trinajstić information content (AvgIpc) is 2.91. The summed E-state index contributed by atoms with van der Waals surface area (Å²) in [6.45, 7) is 0. The molecular weight excluding hydrogens is 358 g/mol. The van der Waals surface area contributed by atoms with Gasteiger partial charge in [-0.05, 0) is 23.8 Å². The molecule has 24 heavy (non-hydrogen) atoms. The topological polar surface area (TPSA) is 38.3 Å². The molecule has 1 N–H and O–H groups in total. The fourth-order valence-electron chi connectivity index (χ4n) is 2.27. The first-order valence-corrected chi connectivity index (χ1v) is 9.47. The molecule has 1 saturated heterocycles. The molecule has 0 bridgehead atoms. The quantitative estimate of drug-likeness (QED) is 0.475. The number of hydrogen-bond donors (Lipinski definition) is 1. The van der Waals surface area contributed by atoms with E-state index in [0.29, 0.717) is 9.23 Å². The van der Waals surface area contributed by atoms with Gasteiger partial charge in [-0.3, -0.25) is 4.79 Å². The summed E-state index contributed by atoms with van der Waals surface area (Å²) in [4.78, 5) is 13.6. The van der Waals surface area contributed by atoms with Crippen LogP contribution < -0.4 is 10.1 Å². The molecule has 1 amide bonds. The maximum absolute atomic E-state index is 11.9. The molecule has 3 rings (SSSR count). The lowest BCUT2D eigenvalue weighted by atomic mass is 10.2. The zero-order chi connectivity index (χ0) is 16.9. The number of thiocarbonyl (C=S) groups is 1. The van der Waals surface area contributed by atoms with E-state index in [4.69, 9.17) is 17.0 Å². The number of thioether (sulfide) groups is 2. The molecule has 1 fully saturated rings. The van der Waals surface area contributed by atoms with E-state index in [1.165, 1.54) is 11.8 Å². The van der Waals surface area contributed by atoms with E-state index in [1.54, 1.807) is 18.9 Å². The van der Waals surface area contributed by atoms with Crippen molar-refractivity contribution in [3.8, 4) is 5.75 Å². The number of hydrogen-bond acceptors (Lipinski definition) is 5. The molecule has 1 heterocycles. The number of rotatable bonds is 5. The molecule has 1 aliphatic heterocycles. The summed E-state index contributed by atoms with van der Waals surface area (Å²) < 4.78 is 5.91. The van der Waals surface area contributed by atoms with Crippen LogP contribution in [0, 0.1) is 0 Å². The third kappa shape index (κ3) is 4.01. The van der Waals surface area contributed by atoms with Gasteiger partial charge in [0.25, 0.3) is 5.91 Å². The molecule has 3 nitrogen and oxygen atoms in total. The number of benzene rings is 2. The summed E-state index contributed by atoms with van der Waals surface area (Å²) >= 11 is 8.05. The van der Waals surface area contributed by atoms with Gasteiger partial charge in [0.1, 0.15) is 10.1 Å². The van der Waals surface area contributed by atoms with E-state index in [2.05, 4.69) is 17.4 Å². The largest absolute Gasteiger partial charge is 0.496 e. The Kier molecular flexibility index (Phi) is 5.60. The maximum atomic E-state index is 11.9. The molecular formula is C18H15NO2S3. The van der Waals surface area contributed by atoms with Crippen molar-refractivity contribution < 1.29 is 9.53 Å². The van der Waals surface area contributed by atoms with Gasteiger partial charge in [0.2, 0.25) is 0 Å². The van der Waals surface area contributed by atoms with Crippen molar-refractivity contribution >= 4 is 52.0 Å². The van der Waals surface area contributed by atoms with Gasteiger partial charge in [-0.2, -0.15) is 0 Å². The fraction of sp³-hybridized carbons (Fsp3) is 0.111. The van der Waals surface area contributed by atoms with Gasteiger partial charge < -0.3 is 10.1 Å². The number of methoxy groups -OCH3 is 1. The van der Waals surface area contributed by atoms with E-state index in [-0.39, 0.29) is 5.91 Å². The van der Waals surface area contributed by atoms with Crippen LogP contribution in [-0.2, 0) is 10.5 Å². The first-order valence-electron chi connectivity index (χ1n) is 7.26. The second kappa shape index (κ2) is 7.88. The minimum atomic E-state index is -0.130. The third-order valence-corrected chi connectivity index (χ3v) is 5.72. The number of carbonyl (C=O) groups is 1. The fourth-order valence-corrected chi connectivity index (χ4v) is 4.32. The Morgan fingerprint density at radius 3 is 2.71 bits per heavy atom. The Hall–Kier alpha value is -1.76. The smallest absolute Gasteiger partial charge is 0.263 e. The van der Waals surface area contributed by atoms with Crippen molar-refractivity contribution in [2.24, 2.45) is 0 Å². The van der Waals surface area contributed by atoms with E-state index in [9.17, 15) is 4.79 Å². The lowest BCUT2D eigenvalue weighted by Gasteiger charge is -2.09. The number of carbonyl (C=O) groups excluding carboxylic acids is 1. The van der Waals surface area contributed by atoms with Gasteiger partial charge in [-0.1, -0.05) is 60.4 Å². The Morgan fingerprint density at radius 2 is 1.96 bits per heavy atom. The van der Waals surface area contributed by atoms with Crippen molar-refractivity contribution in [2.75, 3.05) is 7.11 Å². The molecule has 122 valence electrons. The zero-order valence-corrected chi connectivity index (χ0v) is 15.4. The highest BCUT2D eigenvalue weighted by molar-refractivity contribution is 8.26. The lowest BCUT2D eigenvalue weighted by molar-refractivity contribution is -0.115. The van der Waals surface area contributed by atoms with E-state index >= 15 is 0 Å². The van der Waals surface area contributed by atoms with Crippen molar-refractivity contribution in [1.29, 1.82) is 0 Å². The van der Waals surface area contributed by atoms with Gasteiger partial charge in [-0.15, -0.1) is 11.8 Å². The van der Waals surface area contributed by atoms with E-state index in [0.717, 1.165) is 27.5 Å². The van der Waals surface area contributed by atoms with Gasteiger partial charge in [0.15, 0.2) is 0 Å². The van der Waals surface area contributed by atoms with E-state index in [1.807, 2.05) is 42.5 Å². The Balaban J connectivity index is 1.81. The summed E-state index contributed by atoms with van der Waals surface area (Å²) in [7, 11) is 1.68. The maximum Gasteiger partial charge on any atom is 0.263 e. The van der Waals surface area contributed by atoms with Crippen molar-refractivity contribution in [2.45, 2.75) is 10.6 Å². The molecule has 0 aromatic heterocycles. The normalized spacial score (nSPS) is 15.6. The molecule has 2 aromatic rings. The van der Waals surface area contributed by atoms with Crippen LogP contribution in [0.3, 0.4) is 0 Å². The monoisotopic (exact) mass is 373 g/mol. The summed E-state index contributed by atoms with van der Waals surface area (Å²) in [5.41, 5.74) is 2.15. The van der Waals surface area contributed by atoms with Gasteiger partial charge in [0, 0.05) is 16.2 Å². The molecule has 1 aliphatic rings. The summed E-state index contributed by atoms with van der Waals surface area (Å²) in [6, 6.07) is 16.0. The van der Waals surface area contributed by atoms with Crippen LogP contribution in [0.4, 0.5) is 0 Å². The van der Waals surface area contributed by atoms with Crippen molar-refractivity contribution in [3.63, 3.8) is 0 Å². The Morgan fingerprint density at radius 1 is 1.21 bits per heavy atom. The number of ether oxygens (including phenoxy) is 1. The highest BCUT2D eigenvalue weighted by Crippen LogP contribution is 2.33. The summed E-state index contributed by atoms with van der Waals surface area (Å²) in [6.07, 6.45) is 1.89. The highest BCUT2D eigenvalue weighted by Gasteiger charge is 2.22. The van der Waals surface area contributed by atoms with Crippen molar-refractivity contribution in [1.82, 2.24) is 5.32 Å². The Bertz CT molecular complexity index is 817. The third-order valence-electron chi connectivity index (χ3n) is 3.42. The van der Waals surface area contributed by atoms with Crippen LogP contribution in [0.1, 0.15) is 11.1 Å². The van der Waals surface area contributed by atoms with Crippen LogP contribution >= 0.6 is 35.7 Å². The second-order valence-corrected chi connectivity index (χ2v) is 7.73. The second-order valence-electron chi connectivity index (χ2n) is 4.99. The lowest BCUT2D eigenvalue weighted by Crippen LogP contribution is -2.17. The summed E-state index contributed by atoms with van der Waals surface area (Å²) in [5, 5.41) is 2.64. The molecule has 0 spiro atoms. The van der Waals surface area contributed by atoms with Crippen LogP contribution in [0.2, 0.25) is 0 Å². The predicted octanol–water partition coefficient (Wildman–Crippen LogP) is 4.48. The van der Waals surface area contributed by atoms with Crippen LogP contribution in [0.15, 0.2) is 58.3 Å². The van der Waals surface area contributed by atoms with Crippen LogP contribution in [0.5, 0.6) is 5.75 Å². The van der Waals surface area contributed by atoms with Crippen LogP contribution in [-0.4, -0.2) is 17.3 Å². The zero-order valence-electron chi connectivity index (χ0n) is 12.9. The molecule has 0 radical (unpaired) electrons. The molecule has 0 unspecified atom stereocenters. The molecule has 0 saturated carbocycles. The molecule has 2 aromatic carbocycles. The molecule has 6 heteroatoms. The van der Waals surface area contributed by atoms with Gasteiger partial charge in [-0.25, -0.2) is 0 Å². The van der Waals surface area contributed by atoms with E-state index < -0.39 is 0 Å². The number of nitrogens with one attached hydrogen (secondary N) is 1. The first kappa shape index (κ1) is 17.1. The SMILES string of the molecule is COc1ccccc1CSc1ccccc1C=C1SC(=S)NC1=O. The average molecular weight is 374 g/mol. The van der Waals surface area contributed by atoms with Gasteiger partial charge in [0.05, 0.1) is 12.0 Å². The number of amides is 1. The van der Waals surface area contributed by atoms with Crippen molar-refractivity contribution in [3.05, 3.63) is 64.6 Å². The highest BCUT2D eigenvalue weighted by atomic mass is 32.2. The first-order chi connectivity index (χ1) is 11.7. The minimum absolute atomic E-state index is 0.130. The number of para-hydroxylation sites is 1.